The van der Waals surface area contributed by atoms with Gasteiger partial charge in [0.2, 0.25) is 0 Å². The largest absolute Gasteiger partial charge is 0.497 e. The monoisotopic (exact) mass is 233 g/mol. The quantitative estimate of drug-likeness (QED) is 0.750. The van der Waals surface area contributed by atoms with Crippen molar-refractivity contribution in [3.8, 4) is 5.75 Å². The molecule has 0 aliphatic carbocycles. The van der Waals surface area contributed by atoms with E-state index in [0.29, 0.717) is 12.3 Å². The molecule has 1 aromatic rings. The standard InChI is InChI=1S/C13H15NO3/c1-9-14-13(2,12(15)17-9)8-10-4-6-11(16-3)7-5-10/h4-7H,8H2,1-3H3. The molecule has 0 aromatic heterocycles. The SMILES string of the molecule is COc1ccc(CC2(C)N=C(C)OC2=O)cc1. The number of carbonyl (C=O) groups excluding carboxylic acids is 1. The van der Waals surface area contributed by atoms with Crippen molar-refractivity contribution in [1.82, 2.24) is 0 Å². The third kappa shape index (κ3) is 2.30. The molecule has 90 valence electrons. The number of nitrogens with zero attached hydrogens (tertiary/aromatic N) is 1. The van der Waals surface area contributed by atoms with Crippen molar-refractivity contribution in [3.63, 3.8) is 0 Å². The number of cyclic esters (lactones) is 1. The van der Waals surface area contributed by atoms with Crippen molar-refractivity contribution in [2.24, 2.45) is 4.99 Å². The number of carbonyl (C=O) groups is 1. The van der Waals surface area contributed by atoms with Crippen LogP contribution < -0.4 is 4.74 Å². The lowest BCUT2D eigenvalue weighted by molar-refractivity contribution is -0.138. The highest BCUT2D eigenvalue weighted by Gasteiger charge is 2.40. The number of methoxy groups -OCH3 is 1. The average Bonchev–Trinajstić information content (AvgIpc) is 2.53. The fourth-order valence-corrected chi connectivity index (χ4v) is 1.91. The molecule has 0 radical (unpaired) electrons. The molecule has 1 heterocycles. The first-order valence-corrected chi connectivity index (χ1v) is 5.45. The van der Waals surface area contributed by atoms with Gasteiger partial charge in [0.05, 0.1) is 7.11 Å². The van der Waals surface area contributed by atoms with E-state index in [1.165, 1.54) is 0 Å². The summed E-state index contributed by atoms with van der Waals surface area (Å²) in [6.07, 6.45) is 0.535. The lowest BCUT2D eigenvalue weighted by Gasteiger charge is -2.16. The van der Waals surface area contributed by atoms with Gasteiger partial charge in [-0.15, -0.1) is 0 Å². The minimum atomic E-state index is -0.793. The van der Waals surface area contributed by atoms with Crippen LogP contribution in [-0.2, 0) is 16.0 Å². The Balaban J connectivity index is 2.17. The molecule has 1 atom stereocenters. The molecule has 1 aromatic carbocycles. The van der Waals surface area contributed by atoms with Gasteiger partial charge >= 0.3 is 5.97 Å². The zero-order chi connectivity index (χ0) is 12.5. The Kier molecular flexibility index (Phi) is 2.88. The van der Waals surface area contributed by atoms with Crippen molar-refractivity contribution < 1.29 is 14.3 Å². The topological polar surface area (TPSA) is 47.9 Å². The van der Waals surface area contributed by atoms with Gasteiger partial charge in [0.1, 0.15) is 5.75 Å². The molecule has 0 fully saturated rings. The average molecular weight is 233 g/mol. The zero-order valence-electron chi connectivity index (χ0n) is 10.2. The second-order valence-electron chi connectivity index (χ2n) is 4.32. The zero-order valence-corrected chi connectivity index (χ0v) is 10.2. The summed E-state index contributed by atoms with van der Waals surface area (Å²) < 4.78 is 10.1. The summed E-state index contributed by atoms with van der Waals surface area (Å²) in [5.74, 6) is 0.949. The predicted octanol–water partition coefficient (Wildman–Crippen LogP) is 1.97. The minimum Gasteiger partial charge on any atom is -0.497 e. The van der Waals surface area contributed by atoms with E-state index in [1.807, 2.05) is 24.3 Å². The maximum Gasteiger partial charge on any atom is 0.340 e. The Hall–Kier alpha value is -1.84. The van der Waals surface area contributed by atoms with Gasteiger partial charge in [-0.1, -0.05) is 12.1 Å². The van der Waals surface area contributed by atoms with Crippen molar-refractivity contribution >= 4 is 11.9 Å². The third-order valence-corrected chi connectivity index (χ3v) is 2.79. The molecule has 1 unspecified atom stereocenters. The van der Waals surface area contributed by atoms with Gasteiger partial charge in [-0.2, -0.15) is 0 Å². The van der Waals surface area contributed by atoms with Crippen LogP contribution in [0.15, 0.2) is 29.3 Å². The molecule has 1 aliphatic heterocycles. The number of ether oxygens (including phenoxy) is 2. The van der Waals surface area contributed by atoms with Crippen LogP contribution in [-0.4, -0.2) is 24.5 Å². The van der Waals surface area contributed by atoms with Gasteiger partial charge in [0.15, 0.2) is 11.4 Å². The summed E-state index contributed by atoms with van der Waals surface area (Å²) in [6.45, 7) is 3.48. The first-order chi connectivity index (χ1) is 8.03. The van der Waals surface area contributed by atoms with E-state index in [0.717, 1.165) is 11.3 Å². The summed E-state index contributed by atoms with van der Waals surface area (Å²) in [5.41, 5.74) is 0.238. The van der Waals surface area contributed by atoms with Crippen LogP contribution in [0.2, 0.25) is 0 Å². The van der Waals surface area contributed by atoms with Gasteiger partial charge < -0.3 is 9.47 Å². The number of esters is 1. The van der Waals surface area contributed by atoms with Gasteiger partial charge in [-0.3, -0.25) is 0 Å². The van der Waals surface area contributed by atoms with E-state index >= 15 is 0 Å². The molecular weight excluding hydrogens is 218 g/mol. The van der Waals surface area contributed by atoms with Gasteiger partial charge in [0, 0.05) is 13.3 Å². The van der Waals surface area contributed by atoms with E-state index in [2.05, 4.69) is 4.99 Å². The molecule has 4 nitrogen and oxygen atoms in total. The highest BCUT2D eigenvalue weighted by atomic mass is 16.6. The molecule has 2 rings (SSSR count). The Morgan fingerprint density at radius 3 is 2.47 bits per heavy atom. The van der Waals surface area contributed by atoms with E-state index < -0.39 is 5.54 Å². The molecule has 0 N–H and O–H groups in total. The predicted molar refractivity (Wildman–Crippen MR) is 64.3 cm³/mol. The van der Waals surface area contributed by atoms with Crippen LogP contribution in [0.1, 0.15) is 19.4 Å². The van der Waals surface area contributed by atoms with Gasteiger partial charge in [-0.25, -0.2) is 9.79 Å². The maximum absolute atomic E-state index is 11.7. The Bertz CT molecular complexity index is 464. The Morgan fingerprint density at radius 1 is 1.35 bits per heavy atom. The fourth-order valence-electron chi connectivity index (χ4n) is 1.91. The van der Waals surface area contributed by atoms with Crippen molar-refractivity contribution in [3.05, 3.63) is 29.8 Å². The molecule has 4 heteroatoms. The first-order valence-electron chi connectivity index (χ1n) is 5.45. The smallest absolute Gasteiger partial charge is 0.340 e. The minimum absolute atomic E-state index is 0.286. The summed E-state index contributed by atoms with van der Waals surface area (Å²) in [4.78, 5) is 15.9. The Morgan fingerprint density at radius 2 is 2.00 bits per heavy atom. The molecule has 0 bridgehead atoms. The van der Waals surface area contributed by atoms with Gasteiger partial charge in [0.25, 0.3) is 0 Å². The lowest BCUT2D eigenvalue weighted by Crippen LogP contribution is -2.32. The van der Waals surface area contributed by atoms with Crippen LogP contribution in [0.25, 0.3) is 0 Å². The number of hydrogen-bond acceptors (Lipinski definition) is 4. The second-order valence-corrected chi connectivity index (χ2v) is 4.32. The Labute approximate surface area is 100 Å². The second kappa shape index (κ2) is 4.20. The normalized spacial score (nSPS) is 23.2. The molecule has 17 heavy (non-hydrogen) atoms. The summed E-state index contributed by atoms with van der Waals surface area (Å²) >= 11 is 0. The highest BCUT2D eigenvalue weighted by Crippen LogP contribution is 2.25. The van der Waals surface area contributed by atoms with Crippen LogP contribution in [0.3, 0.4) is 0 Å². The molecule has 0 amide bonds. The number of aliphatic imine (C=N–C) groups is 1. The van der Waals surface area contributed by atoms with E-state index in [1.54, 1.807) is 21.0 Å². The van der Waals surface area contributed by atoms with Crippen LogP contribution >= 0.6 is 0 Å². The lowest BCUT2D eigenvalue weighted by atomic mass is 9.94. The first kappa shape index (κ1) is 11.6. The molecule has 1 aliphatic rings. The van der Waals surface area contributed by atoms with Crippen LogP contribution in [0, 0.1) is 0 Å². The van der Waals surface area contributed by atoms with Crippen molar-refractivity contribution in [1.29, 1.82) is 0 Å². The van der Waals surface area contributed by atoms with Crippen LogP contribution in [0.5, 0.6) is 5.75 Å². The molecule has 0 saturated carbocycles. The third-order valence-electron chi connectivity index (χ3n) is 2.79. The molecular formula is C13H15NO3. The number of rotatable bonds is 3. The van der Waals surface area contributed by atoms with Crippen molar-refractivity contribution in [2.45, 2.75) is 25.8 Å². The summed E-state index contributed by atoms with van der Waals surface area (Å²) in [5, 5.41) is 0. The molecule has 0 saturated heterocycles. The van der Waals surface area contributed by atoms with E-state index in [-0.39, 0.29) is 5.97 Å². The highest BCUT2D eigenvalue weighted by molar-refractivity contribution is 5.98. The van der Waals surface area contributed by atoms with Gasteiger partial charge in [-0.05, 0) is 24.6 Å². The van der Waals surface area contributed by atoms with E-state index in [9.17, 15) is 4.79 Å². The summed E-state index contributed by atoms with van der Waals surface area (Å²) in [6, 6.07) is 7.60. The maximum atomic E-state index is 11.7. The number of hydrogen-bond donors (Lipinski definition) is 0. The van der Waals surface area contributed by atoms with Crippen LogP contribution in [0.4, 0.5) is 0 Å². The summed E-state index contributed by atoms with van der Waals surface area (Å²) in [7, 11) is 1.62. The molecule has 0 spiro atoms. The van der Waals surface area contributed by atoms with Crippen molar-refractivity contribution in [2.75, 3.05) is 7.11 Å². The van der Waals surface area contributed by atoms with E-state index in [4.69, 9.17) is 9.47 Å². The fraction of sp³-hybridized carbons (Fsp3) is 0.385. The number of benzene rings is 1.